The number of methoxy groups -OCH3 is 3. The number of nitrogens with zero attached hydrogens (tertiary/aromatic N) is 2. The molecule has 0 N–H and O–H groups in total. The summed E-state index contributed by atoms with van der Waals surface area (Å²) in [5.74, 6) is 2.20. The normalized spacial score (nSPS) is 14.8. The van der Waals surface area contributed by atoms with Gasteiger partial charge in [-0.25, -0.2) is 4.98 Å². The number of para-hydroxylation sites is 2. The van der Waals surface area contributed by atoms with Crippen molar-refractivity contribution in [2.24, 2.45) is 0 Å². The Morgan fingerprint density at radius 1 is 1.00 bits per heavy atom. The second kappa shape index (κ2) is 8.03. The summed E-state index contributed by atoms with van der Waals surface area (Å²) < 4.78 is 22.1. The molecular weight excluding hydrogens is 372 g/mol. The van der Waals surface area contributed by atoms with Crippen LogP contribution in [0.4, 0.5) is 0 Å². The van der Waals surface area contributed by atoms with Gasteiger partial charge in [-0.15, -0.1) is 0 Å². The first-order valence-corrected chi connectivity index (χ1v) is 9.60. The molecule has 1 aliphatic heterocycles. The number of ether oxygens (including phenoxy) is 3. The third kappa shape index (κ3) is 3.48. The molecule has 152 valence electrons. The average Bonchev–Trinajstić information content (AvgIpc) is 3.21. The van der Waals surface area contributed by atoms with Gasteiger partial charge >= 0.3 is 0 Å². The second-order valence-corrected chi connectivity index (χ2v) is 6.97. The van der Waals surface area contributed by atoms with Crippen LogP contribution in [0.1, 0.15) is 35.0 Å². The molecule has 7 nitrogen and oxygen atoms in total. The standard InChI is InChI=1S/C22H24N2O5/c1-26-18-9-8-15(19(27-2)20(18)28-3)22(25)24-12-10-14(11-13-24)21-23-16-6-4-5-7-17(16)29-21/h4-9,14H,10-13H2,1-3H3. The minimum absolute atomic E-state index is 0.0844. The summed E-state index contributed by atoms with van der Waals surface area (Å²) in [5.41, 5.74) is 2.14. The molecule has 2 aromatic carbocycles. The predicted octanol–water partition coefficient (Wildman–Crippen LogP) is 3.87. The van der Waals surface area contributed by atoms with E-state index in [2.05, 4.69) is 4.98 Å². The van der Waals surface area contributed by atoms with Crippen LogP contribution in [-0.2, 0) is 0 Å². The number of rotatable bonds is 5. The summed E-state index contributed by atoms with van der Waals surface area (Å²) in [6.45, 7) is 1.25. The van der Waals surface area contributed by atoms with Crippen molar-refractivity contribution in [3.63, 3.8) is 0 Å². The first-order valence-electron chi connectivity index (χ1n) is 9.60. The Bertz CT molecular complexity index is 988. The third-order valence-electron chi connectivity index (χ3n) is 5.38. The maximum Gasteiger partial charge on any atom is 0.257 e. The molecule has 1 saturated heterocycles. The quantitative estimate of drug-likeness (QED) is 0.652. The maximum atomic E-state index is 13.1. The largest absolute Gasteiger partial charge is 0.493 e. The van der Waals surface area contributed by atoms with Crippen molar-refractivity contribution in [1.29, 1.82) is 0 Å². The molecule has 2 heterocycles. The molecular formula is C22H24N2O5. The summed E-state index contributed by atoms with van der Waals surface area (Å²) in [7, 11) is 4.60. The topological polar surface area (TPSA) is 74.0 Å². The summed E-state index contributed by atoms with van der Waals surface area (Å²) >= 11 is 0. The Hall–Kier alpha value is -3.22. The van der Waals surface area contributed by atoms with Crippen molar-refractivity contribution in [1.82, 2.24) is 9.88 Å². The zero-order valence-electron chi connectivity index (χ0n) is 16.8. The number of fused-ring (bicyclic) bond motifs is 1. The Kier molecular flexibility index (Phi) is 5.29. The lowest BCUT2D eigenvalue weighted by atomic mass is 9.96. The molecule has 4 rings (SSSR count). The van der Waals surface area contributed by atoms with Crippen molar-refractivity contribution < 1.29 is 23.4 Å². The van der Waals surface area contributed by atoms with Gasteiger partial charge in [-0.1, -0.05) is 12.1 Å². The highest BCUT2D eigenvalue weighted by Crippen LogP contribution is 2.40. The minimum Gasteiger partial charge on any atom is -0.493 e. The van der Waals surface area contributed by atoms with Gasteiger partial charge in [-0.2, -0.15) is 0 Å². The number of hydrogen-bond donors (Lipinski definition) is 0. The van der Waals surface area contributed by atoms with E-state index < -0.39 is 0 Å². The monoisotopic (exact) mass is 396 g/mol. The molecule has 1 aromatic heterocycles. The molecule has 1 amide bonds. The lowest BCUT2D eigenvalue weighted by Crippen LogP contribution is -2.38. The number of piperidine rings is 1. The molecule has 1 aliphatic rings. The number of benzene rings is 2. The summed E-state index contributed by atoms with van der Waals surface area (Å²) in [6, 6.07) is 11.2. The molecule has 0 saturated carbocycles. The van der Waals surface area contributed by atoms with E-state index in [9.17, 15) is 4.79 Å². The highest BCUT2D eigenvalue weighted by molar-refractivity contribution is 5.98. The Balaban J connectivity index is 1.50. The molecule has 0 aliphatic carbocycles. The number of hydrogen-bond acceptors (Lipinski definition) is 6. The Morgan fingerprint density at radius 2 is 1.72 bits per heavy atom. The summed E-state index contributed by atoms with van der Waals surface area (Å²) in [6.07, 6.45) is 1.60. The van der Waals surface area contributed by atoms with Gasteiger partial charge in [-0.3, -0.25) is 4.79 Å². The summed E-state index contributed by atoms with van der Waals surface area (Å²) in [4.78, 5) is 19.6. The van der Waals surface area contributed by atoms with Gasteiger partial charge in [0.15, 0.2) is 23.0 Å². The van der Waals surface area contributed by atoms with Crippen LogP contribution in [0.3, 0.4) is 0 Å². The van der Waals surface area contributed by atoms with Crippen LogP contribution in [0.15, 0.2) is 40.8 Å². The van der Waals surface area contributed by atoms with Crippen LogP contribution in [0.25, 0.3) is 11.1 Å². The first-order chi connectivity index (χ1) is 14.2. The first kappa shape index (κ1) is 19.1. The third-order valence-corrected chi connectivity index (χ3v) is 5.38. The zero-order valence-corrected chi connectivity index (χ0v) is 16.8. The van der Waals surface area contributed by atoms with E-state index in [1.165, 1.54) is 14.2 Å². The second-order valence-electron chi connectivity index (χ2n) is 6.97. The zero-order chi connectivity index (χ0) is 20.4. The number of aromatic nitrogens is 1. The van der Waals surface area contributed by atoms with Crippen LogP contribution < -0.4 is 14.2 Å². The Morgan fingerprint density at radius 3 is 2.38 bits per heavy atom. The molecule has 0 radical (unpaired) electrons. The van der Waals surface area contributed by atoms with E-state index in [-0.39, 0.29) is 11.8 Å². The van der Waals surface area contributed by atoms with Crippen LogP contribution in [-0.4, -0.2) is 50.2 Å². The average molecular weight is 396 g/mol. The molecule has 0 atom stereocenters. The van der Waals surface area contributed by atoms with E-state index in [1.807, 2.05) is 29.2 Å². The van der Waals surface area contributed by atoms with Gasteiger partial charge in [0, 0.05) is 19.0 Å². The van der Waals surface area contributed by atoms with Crippen LogP contribution in [0.2, 0.25) is 0 Å². The molecule has 29 heavy (non-hydrogen) atoms. The minimum atomic E-state index is -0.0844. The fourth-order valence-corrected chi connectivity index (χ4v) is 3.83. The highest BCUT2D eigenvalue weighted by Gasteiger charge is 2.30. The highest BCUT2D eigenvalue weighted by atomic mass is 16.5. The smallest absolute Gasteiger partial charge is 0.257 e. The fraction of sp³-hybridized carbons (Fsp3) is 0.364. The number of amides is 1. The SMILES string of the molecule is COc1ccc(C(=O)N2CCC(c3nc4ccccc4o3)CC2)c(OC)c1OC. The number of oxazole rings is 1. The Labute approximate surface area is 169 Å². The molecule has 3 aromatic rings. The number of carbonyl (C=O) groups excluding carboxylic acids is 1. The van der Waals surface area contributed by atoms with Gasteiger partial charge in [0.1, 0.15) is 5.52 Å². The number of carbonyl (C=O) groups is 1. The van der Waals surface area contributed by atoms with Crippen LogP contribution >= 0.6 is 0 Å². The predicted molar refractivity (Wildman–Crippen MR) is 108 cm³/mol. The van der Waals surface area contributed by atoms with E-state index in [0.717, 1.165) is 29.8 Å². The van der Waals surface area contributed by atoms with Gasteiger partial charge in [0.25, 0.3) is 5.91 Å². The lowest BCUT2D eigenvalue weighted by molar-refractivity contribution is 0.0702. The van der Waals surface area contributed by atoms with Gasteiger partial charge in [0.2, 0.25) is 5.75 Å². The lowest BCUT2D eigenvalue weighted by Gasteiger charge is -2.31. The van der Waals surface area contributed by atoms with Gasteiger partial charge in [-0.05, 0) is 37.1 Å². The van der Waals surface area contributed by atoms with Gasteiger partial charge < -0.3 is 23.5 Å². The molecule has 1 fully saturated rings. The summed E-state index contributed by atoms with van der Waals surface area (Å²) in [5, 5.41) is 0. The van der Waals surface area contributed by atoms with E-state index in [4.69, 9.17) is 18.6 Å². The van der Waals surface area contributed by atoms with E-state index in [0.29, 0.717) is 35.9 Å². The molecule has 0 unspecified atom stereocenters. The van der Waals surface area contributed by atoms with Crippen molar-refractivity contribution in [3.8, 4) is 17.2 Å². The number of likely N-dealkylation sites (tertiary alicyclic amines) is 1. The van der Waals surface area contributed by atoms with Gasteiger partial charge in [0.05, 0.1) is 26.9 Å². The maximum absolute atomic E-state index is 13.1. The molecule has 0 bridgehead atoms. The van der Waals surface area contributed by atoms with Crippen molar-refractivity contribution >= 4 is 17.0 Å². The van der Waals surface area contributed by atoms with Crippen molar-refractivity contribution in [2.45, 2.75) is 18.8 Å². The van der Waals surface area contributed by atoms with E-state index in [1.54, 1.807) is 19.2 Å². The molecule has 0 spiro atoms. The van der Waals surface area contributed by atoms with Crippen LogP contribution in [0, 0.1) is 0 Å². The molecule has 7 heteroatoms. The van der Waals surface area contributed by atoms with E-state index >= 15 is 0 Å². The van der Waals surface area contributed by atoms with Crippen molar-refractivity contribution in [2.75, 3.05) is 34.4 Å². The van der Waals surface area contributed by atoms with Crippen molar-refractivity contribution in [3.05, 3.63) is 47.9 Å². The fourth-order valence-electron chi connectivity index (χ4n) is 3.83. The van der Waals surface area contributed by atoms with Crippen LogP contribution in [0.5, 0.6) is 17.2 Å².